The minimum atomic E-state index is -4.03. The molecule has 1 amide bonds. The van der Waals surface area contributed by atoms with Crippen molar-refractivity contribution in [1.82, 2.24) is 9.73 Å². The lowest BCUT2D eigenvalue weighted by Gasteiger charge is -2.22. The number of ether oxygens (including phenoxy) is 1. The minimum Gasteiger partial charge on any atom is -0.465 e. The summed E-state index contributed by atoms with van der Waals surface area (Å²) < 4.78 is 32.4. The van der Waals surface area contributed by atoms with Crippen molar-refractivity contribution in [2.45, 2.75) is 18.4 Å². The van der Waals surface area contributed by atoms with Crippen LogP contribution in [0.25, 0.3) is 0 Å². The summed E-state index contributed by atoms with van der Waals surface area (Å²) in [5, 5.41) is 4.49. The Labute approximate surface area is 219 Å². The van der Waals surface area contributed by atoms with Crippen LogP contribution >= 0.6 is 23.2 Å². The van der Waals surface area contributed by atoms with Crippen LogP contribution in [-0.2, 0) is 26.1 Å². The van der Waals surface area contributed by atoms with Gasteiger partial charge in [0.1, 0.15) is 0 Å². The second-order valence-corrected chi connectivity index (χ2v) is 10.5. The van der Waals surface area contributed by atoms with Gasteiger partial charge in [0.2, 0.25) is 10.0 Å². The number of nitrogens with one attached hydrogen (secondary N) is 1. The molecule has 3 aromatic carbocycles. The Bertz CT molecular complexity index is 1380. The van der Waals surface area contributed by atoms with Crippen molar-refractivity contribution >= 4 is 51.3 Å². The molecule has 0 saturated heterocycles. The Morgan fingerprint density at radius 1 is 1.00 bits per heavy atom. The number of carbonyl (C=O) groups is 2. The standard InChI is InChI=1S/C25H23Cl2N3O5S/c1-17-3-10-21(11-4-17)36(33,34)30(15-19-7-12-22(26)23(27)13-19)16-24(31)29-28-14-18-5-8-20(9-6-18)25(32)35-2/h3-14H,15-16H2,1-2H3,(H,29,31). The summed E-state index contributed by atoms with van der Waals surface area (Å²) in [6.45, 7) is 1.24. The third kappa shape index (κ3) is 7.14. The predicted molar refractivity (Wildman–Crippen MR) is 139 cm³/mol. The van der Waals surface area contributed by atoms with Crippen LogP contribution in [0.5, 0.6) is 0 Å². The first-order valence-electron chi connectivity index (χ1n) is 10.6. The lowest BCUT2D eigenvalue weighted by molar-refractivity contribution is -0.121. The third-order valence-electron chi connectivity index (χ3n) is 5.06. The van der Waals surface area contributed by atoms with Crippen LogP contribution in [0.15, 0.2) is 76.7 Å². The lowest BCUT2D eigenvalue weighted by Crippen LogP contribution is -2.39. The topological polar surface area (TPSA) is 105 Å². The summed E-state index contributed by atoms with van der Waals surface area (Å²) in [7, 11) is -2.74. The number of hydrogen-bond acceptors (Lipinski definition) is 6. The fourth-order valence-corrected chi connectivity index (χ4v) is 4.83. The highest BCUT2D eigenvalue weighted by Crippen LogP contribution is 2.25. The Morgan fingerprint density at radius 3 is 2.28 bits per heavy atom. The third-order valence-corrected chi connectivity index (χ3v) is 7.60. The Balaban J connectivity index is 1.77. The fourth-order valence-electron chi connectivity index (χ4n) is 3.12. The van der Waals surface area contributed by atoms with Crippen LogP contribution in [0.4, 0.5) is 0 Å². The van der Waals surface area contributed by atoms with E-state index in [4.69, 9.17) is 23.2 Å². The van der Waals surface area contributed by atoms with Crippen LogP contribution in [0.1, 0.15) is 27.0 Å². The van der Waals surface area contributed by atoms with Gasteiger partial charge in [-0.05, 0) is 54.4 Å². The predicted octanol–water partition coefficient (Wildman–Crippen LogP) is 4.43. The van der Waals surface area contributed by atoms with E-state index in [-0.39, 0.29) is 16.5 Å². The molecule has 0 unspecified atom stereocenters. The maximum absolute atomic E-state index is 13.4. The van der Waals surface area contributed by atoms with Crippen molar-refractivity contribution in [1.29, 1.82) is 0 Å². The zero-order valence-corrected chi connectivity index (χ0v) is 21.8. The number of sulfonamides is 1. The molecule has 3 rings (SSSR count). The van der Waals surface area contributed by atoms with Gasteiger partial charge in [0.15, 0.2) is 0 Å². The average molecular weight is 548 g/mol. The molecule has 36 heavy (non-hydrogen) atoms. The summed E-state index contributed by atoms with van der Waals surface area (Å²) in [4.78, 5) is 24.2. The number of hydrogen-bond donors (Lipinski definition) is 1. The van der Waals surface area contributed by atoms with Crippen LogP contribution in [0, 0.1) is 6.92 Å². The van der Waals surface area contributed by atoms with E-state index in [1.54, 1.807) is 54.6 Å². The zero-order chi connectivity index (χ0) is 26.3. The lowest BCUT2D eigenvalue weighted by atomic mass is 10.1. The molecule has 11 heteroatoms. The quantitative estimate of drug-likeness (QED) is 0.242. The van der Waals surface area contributed by atoms with E-state index in [1.165, 1.54) is 25.5 Å². The van der Waals surface area contributed by atoms with E-state index in [2.05, 4.69) is 15.3 Å². The Morgan fingerprint density at radius 2 is 1.67 bits per heavy atom. The number of hydrazone groups is 1. The molecular weight excluding hydrogens is 525 g/mol. The van der Waals surface area contributed by atoms with Crippen molar-refractivity contribution in [3.63, 3.8) is 0 Å². The Kier molecular flexibility index (Phi) is 9.22. The zero-order valence-electron chi connectivity index (χ0n) is 19.4. The summed E-state index contributed by atoms with van der Waals surface area (Å²) in [6, 6.07) is 17.5. The van der Waals surface area contributed by atoms with Crippen LogP contribution < -0.4 is 5.43 Å². The van der Waals surface area contributed by atoms with Gasteiger partial charge in [-0.25, -0.2) is 18.6 Å². The molecule has 0 bridgehead atoms. The first kappa shape index (κ1) is 27.3. The van der Waals surface area contributed by atoms with Gasteiger partial charge in [0.05, 0.1) is 40.4 Å². The van der Waals surface area contributed by atoms with E-state index >= 15 is 0 Å². The fraction of sp³-hybridized carbons (Fsp3) is 0.160. The first-order valence-corrected chi connectivity index (χ1v) is 12.8. The van der Waals surface area contributed by atoms with Gasteiger partial charge in [-0.3, -0.25) is 4.79 Å². The highest BCUT2D eigenvalue weighted by Gasteiger charge is 2.27. The van der Waals surface area contributed by atoms with Crippen molar-refractivity contribution in [3.8, 4) is 0 Å². The van der Waals surface area contributed by atoms with E-state index in [0.29, 0.717) is 21.7 Å². The van der Waals surface area contributed by atoms with E-state index in [0.717, 1.165) is 9.87 Å². The van der Waals surface area contributed by atoms with Crippen molar-refractivity contribution < 1.29 is 22.7 Å². The van der Waals surface area contributed by atoms with Crippen molar-refractivity contribution in [3.05, 3.63) is 99.0 Å². The maximum Gasteiger partial charge on any atom is 0.337 e. The van der Waals surface area contributed by atoms with Gasteiger partial charge in [0.25, 0.3) is 5.91 Å². The van der Waals surface area contributed by atoms with Crippen LogP contribution in [0.2, 0.25) is 10.0 Å². The number of nitrogens with zero attached hydrogens (tertiary/aromatic N) is 2. The van der Waals surface area contributed by atoms with Gasteiger partial charge in [0, 0.05) is 6.54 Å². The van der Waals surface area contributed by atoms with Gasteiger partial charge in [-0.2, -0.15) is 9.41 Å². The molecule has 0 fully saturated rings. The molecule has 188 valence electrons. The van der Waals surface area contributed by atoms with Gasteiger partial charge in [-0.15, -0.1) is 0 Å². The molecule has 0 aromatic heterocycles. The minimum absolute atomic E-state index is 0.0511. The molecule has 8 nitrogen and oxygen atoms in total. The Hall–Kier alpha value is -3.24. The SMILES string of the molecule is COC(=O)c1ccc(C=NNC(=O)CN(Cc2ccc(Cl)c(Cl)c2)S(=O)(=O)c2ccc(C)cc2)cc1. The molecule has 0 heterocycles. The largest absolute Gasteiger partial charge is 0.465 e. The molecule has 0 aliphatic carbocycles. The molecule has 3 aromatic rings. The average Bonchev–Trinajstić information content (AvgIpc) is 2.86. The number of rotatable bonds is 9. The molecule has 0 saturated carbocycles. The number of amides is 1. The number of carbonyl (C=O) groups excluding carboxylic acids is 2. The molecule has 1 N–H and O–H groups in total. The molecule has 0 spiro atoms. The number of methoxy groups -OCH3 is 1. The van der Waals surface area contributed by atoms with Gasteiger partial charge >= 0.3 is 5.97 Å². The number of esters is 1. The molecule has 0 aliphatic heterocycles. The molecular formula is C25H23Cl2N3O5S. The van der Waals surface area contributed by atoms with Crippen LogP contribution in [-0.4, -0.2) is 44.5 Å². The highest BCUT2D eigenvalue weighted by atomic mass is 35.5. The van der Waals surface area contributed by atoms with Gasteiger partial charge in [-0.1, -0.05) is 59.1 Å². The monoisotopic (exact) mass is 547 g/mol. The van der Waals surface area contributed by atoms with Crippen molar-refractivity contribution in [2.24, 2.45) is 5.10 Å². The summed E-state index contributed by atoms with van der Waals surface area (Å²) in [6.07, 6.45) is 1.37. The number of aryl methyl sites for hydroxylation is 1. The smallest absolute Gasteiger partial charge is 0.337 e. The summed E-state index contributed by atoms with van der Waals surface area (Å²) in [5.41, 5.74) is 4.78. The summed E-state index contributed by atoms with van der Waals surface area (Å²) in [5.74, 6) is -1.11. The second kappa shape index (κ2) is 12.1. The maximum atomic E-state index is 13.4. The molecule has 0 aliphatic rings. The van der Waals surface area contributed by atoms with E-state index in [9.17, 15) is 18.0 Å². The normalized spacial score (nSPS) is 11.6. The molecule has 0 radical (unpaired) electrons. The number of benzene rings is 3. The molecule has 0 atom stereocenters. The van der Waals surface area contributed by atoms with E-state index in [1.807, 2.05) is 6.92 Å². The highest BCUT2D eigenvalue weighted by molar-refractivity contribution is 7.89. The second-order valence-electron chi connectivity index (χ2n) is 7.74. The summed E-state index contributed by atoms with van der Waals surface area (Å²) >= 11 is 12.1. The van der Waals surface area contributed by atoms with Crippen molar-refractivity contribution in [2.75, 3.05) is 13.7 Å². The van der Waals surface area contributed by atoms with Crippen LogP contribution in [0.3, 0.4) is 0 Å². The van der Waals surface area contributed by atoms with E-state index < -0.39 is 28.4 Å². The van der Waals surface area contributed by atoms with Gasteiger partial charge < -0.3 is 4.74 Å². The first-order chi connectivity index (χ1) is 17.1. The number of halogens is 2.